The van der Waals surface area contributed by atoms with Crippen molar-refractivity contribution in [1.82, 2.24) is 5.32 Å². The quantitative estimate of drug-likeness (QED) is 0.558. The third-order valence-corrected chi connectivity index (χ3v) is 4.47. The zero-order valence-electron chi connectivity index (χ0n) is 14.1. The molecule has 2 aromatic carbocycles. The minimum absolute atomic E-state index is 0.000693. The topological polar surface area (TPSA) is 47.6 Å². The molecule has 0 bridgehead atoms. The second kappa shape index (κ2) is 9.88. The Balaban J connectivity index is 1.62. The van der Waals surface area contributed by atoms with Crippen LogP contribution in [0.2, 0.25) is 0 Å². The fourth-order valence-corrected chi connectivity index (χ4v) is 2.78. The Kier molecular flexibility index (Phi) is 7.49. The zero-order chi connectivity index (χ0) is 17.2. The Hall–Kier alpha value is -2.14. The summed E-state index contributed by atoms with van der Waals surface area (Å²) in [6, 6.07) is 15.7. The van der Waals surface area contributed by atoms with Gasteiger partial charge < -0.3 is 14.8 Å². The minimum Gasteiger partial charge on any atom is -0.497 e. The molecule has 1 N–H and O–H groups in total. The molecule has 0 aromatic heterocycles. The Morgan fingerprint density at radius 2 is 1.71 bits per heavy atom. The fourth-order valence-electron chi connectivity index (χ4n) is 2.05. The molecule has 0 saturated heterocycles. The second-order valence-corrected chi connectivity index (χ2v) is 6.21. The Morgan fingerprint density at radius 3 is 2.33 bits per heavy atom. The van der Waals surface area contributed by atoms with Gasteiger partial charge in [-0.05, 0) is 48.4 Å². The lowest BCUT2D eigenvalue weighted by Crippen LogP contribution is -2.29. The highest BCUT2D eigenvalue weighted by molar-refractivity contribution is 8.00. The zero-order valence-corrected chi connectivity index (χ0v) is 14.9. The molecular weight excluding hydrogens is 322 g/mol. The number of thioether (sulfide) groups is 1. The summed E-state index contributed by atoms with van der Waals surface area (Å²) in [7, 11) is 1.63. The molecule has 24 heavy (non-hydrogen) atoms. The number of benzene rings is 2. The largest absolute Gasteiger partial charge is 0.497 e. The maximum Gasteiger partial charge on any atom is 0.230 e. The van der Waals surface area contributed by atoms with Crippen LogP contribution in [0.3, 0.4) is 0 Å². The van der Waals surface area contributed by atoms with E-state index in [1.807, 2.05) is 36.4 Å². The highest BCUT2D eigenvalue weighted by atomic mass is 32.2. The van der Waals surface area contributed by atoms with E-state index in [0.29, 0.717) is 18.9 Å². The molecular formula is C19H23NO3S. The van der Waals surface area contributed by atoms with Crippen molar-refractivity contribution in [2.24, 2.45) is 0 Å². The van der Waals surface area contributed by atoms with Crippen molar-refractivity contribution in [3.63, 3.8) is 0 Å². The van der Waals surface area contributed by atoms with Gasteiger partial charge in [-0.2, -0.15) is 0 Å². The number of carbonyl (C=O) groups is 1. The summed E-state index contributed by atoms with van der Waals surface area (Å²) in [4.78, 5) is 12.9. The van der Waals surface area contributed by atoms with E-state index in [1.54, 1.807) is 7.11 Å². The van der Waals surface area contributed by atoms with Gasteiger partial charge >= 0.3 is 0 Å². The van der Waals surface area contributed by atoms with Crippen LogP contribution in [-0.2, 0) is 11.2 Å². The van der Waals surface area contributed by atoms with E-state index in [2.05, 4.69) is 24.4 Å². The second-order valence-electron chi connectivity index (χ2n) is 5.16. The third kappa shape index (κ3) is 6.16. The minimum atomic E-state index is 0.000693. The Morgan fingerprint density at radius 1 is 1.04 bits per heavy atom. The number of hydrogen-bond acceptors (Lipinski definition) is 4. The van der Waals surface area contributed by atoms with Crippen molar-refractivity contribution in [1.29, 1.82) is 0 Å². The molecule has 1 amide bonds. The summed E-state index contributed by atoms with van der Waals surface area (Å²) >= 11 is 1.50. The molecule has 0 aliphatic rings. The number of hydrogen-bond donors (Lipinski definition) is 1. The molecule has 0 radical (unpaired) electrons. The first-order chi connectivity index (χ1) is 11.7. The van der Waals surface area contributed by atoms with Crippen LogP contribution in [-0.4, -0.2) is 31.9 Å². The first-order valence-electron chi connectivity index (χ1n) is 7.96. The monoisotopic (exact) mass is 345 g/mol. The summed E-state index contributed by atoms with van der Waals surface area (Å²) in [5, 5.41) is 2.86. The van der Waals surface area contributed by atoms with Crippen LogP contribution in [0.4, 0.5) is 0 Å². The van der Waals surface area contributed by atoms with Gasteiger partial charge in [-0.25, -0.2) is 0 Å². The van der Waals surface area contributed by atoms with Crippen LogP contribution >= 0.6 is 11.8 Å². The Bertz CT molecular complexity index is 626. The van der Waals surface area contributed by atoms with Crippen molar-refractivity contribution in [2.75, 3.05) is 26.0 Å². The van der Waals surface area contributed by atoms with Gasteiger partial charge in [0.2, 0.25) is 5.91 Å². The van der Waals surface area contributed by atoms with Crippen molar-refractivity contribution >= 4 is 17.7 Å². The number of aryl methyl sites for hydroxylation is 1. The van der Waals surface area contributed by atoms with Crippen molar-refractivity contribution in [3.8, 4) is 11.5 Å². The number of rotatable bonds is 9. The molecule has 2 aromatic rings. The van der Waals surface area contributed by atoms with Crippen LogP contribution in [0.1, 0.15) is 12.5 Å². The van der Waals surface area contributed by atoms with E-state index >= 15 is 0 Å². The molecule has 0 fully saturated rings. The van der Waals surface area contributed by atoms with E-state index in [0.717, 1.165) is 22.8 Å². The number of ether oxygens (including phenoxy) is 2. The van der Waals surface area contributed by atoms with E-state index in [9.17, 15) is 4.79 Å². The SMILES string of the molecule is CCc1ccc(OCCNC(=O)CSc2ccc(OC)cc2)cc1. The highest BCUT2D eigenvalue weighted by Gasteiger charge is 2.03. The van der Waals surface area contributed by atoms with Crippen LogP contribution in [0.15, 0.2) is 53.4 Å². The van der Waals surface area contributed by atoms with Gasteiger partial charge in [-0.3, -0.25) is 4.79 Å². The summed E-state index contributed by atoms with van der Waals surface area (Å²) in [6.07, 6.45) is 1.02. The maximum atomic E-state index is 11.8. The van der Waals surface area contributed by atoms with Gasteiger partial charge in [0.05, 0.1) is 19.4 Å². The first-order valence-corrected chi connectivity index (χ1v) is 8.95. The van der Waals surface area contributed by atoms with Crippen LogP contribution < -0.4 is 14.8 Å². The lowest BCUT2D eigenvalue weighted by molar-refractivity contribution is -0.118. The smallest absolute Gasteiger partial charge is 0.230 e. The van der Waals surface area contributed by atoms with E-state index in [1.165, 1.54) is 17.3 Å². The van der Waals surface area contributed by atoms with Gasteiger partial charge in [0.1, 0.15) is 18.1 Å². The molecule has 5 heteroatoms. The average molecular weight is 345 g/mol. The van der Waals surface area contributed by atoms with Crippen molar-refractivity contribution in [2.45, 2.75) is 18.2 Å². The molecule has 0 aliphatic carbocycles. The average Bonchev–Trinajstić information content (AvgIpc) is 2.64. The molecule has 4 nitrogen and oxygen atoms in total. The molecule has 0 heterocycles. The summed E-state index contributed by atoms with van der Waals surface area (Å²) in [5.74, 6) is 2.03. The fraction of sp³-hybridized carbons (Fsp3) is 0.316. The van der Waals surface area contributed by atoms with Crippen LogP contribution in [0.25, 0.3) is 0 Å². The van der Waals surface area contributed by atoms with Gasteiger partial charge in [0.25, 0.3) is 0 Å². The predicted molar refractivity (Wildman–Crippen MR) is 98.0 cm³/mol. The van der Waals surface area contributed by atoms with E-state index < -0.39 is 0 Å². The number of carbonyl (C=O) groups excluding carboxylic acids is 1. The molecule has 2 rings (SSSR count). The van der Waals surface area contributed by atoms with Gasteiger partial charge in [-0.1, -0.05) is 19.1 Å². The lowest BCUT2D eigenvalue weighted by Gasteiger charge is -2.08. The molecule has 0 atom stereocenters. The number of methoxy groups -OCH3 is 1. The molecule has 0 unspecified atom stereocenters. The predicted octanol–water partition coefficient (Wildman–Crippen LogP) is 3.54. The van der Waals surface area contributed by atoms with Gasteiger partial charge in [0, 0.05) is 4.90 Å². The van der Waals surface area contributed by atoms with Crippen LogP contribution in [0.5, 0.6) is 11.5 Å². The van der Waals surface area contributed by atoms with E-state index in [-0.39, 0.29) is 5.91 Å². The first kappa shape index (κ1) is 18.2. The molecule has 0 saturated carbocycles. The number of amides is 1. The highest BCUT2D eigenvalue weighted by Crippen LogP contribution is 2.20. The summed E-state index contributed by atoms with van der Waals surface area (Å²) < 4.78 is 10.7. The van der Waals surface area contributed by atoms with Gasteiger partial charge in [0.15, 0.2) is 0 Å². The standard InChI is InChI=1S/C19H23NO3S/c1-3-15-4-6-17(7-5-15)23-13-12-20-19(21)14-24-18-10-8-16(22-2)9-11-18/h4-11H,3,12-14H2,1-2H3,(H,20,21). The summed E-state index contributed by atoms with van der Waals surface area (Å²) in [5.41, 5.74) is 1.28. The molecule has 0 aliphatic heterocycles. The van der Waals surface area contributed by atoms with Crippen molar-refractivity contribution < 1.29 is 14.3 Å². The molecule has 128 valence electrons. The van der Waals surface area contributed by atoms with Gasteiger partial charge in [-0.15, -0.1) is 11.8 Å². The normalized spacial score (nSPS) is 10.2. The van der Waals surface area contributed by atoms with E-state index in [4.69, 9.17) is 9.47 Å². The van der Waals surface area contributed by atoms with Crippen molar-refractivity contribution in [3.05, 3.63) is 54.1 Å². The Labute approximate surface area is 147 Å². The number of nitrogens with one attached hydrogen (secondary N) is 1. The maximum absolute atomic E-state index is 11.8. The lowest BCUT2D eigenvalue weighted by atomic mass is 10.2. The van der Waals surface area contributed by atoms with Crippen LogP contribution in [0, 0.1) is 0 Å². The molecule has 0 spiro atoms. The summed E-state index contributed by atoms with van der Waals surface area (Å²) in [6.45, 7) is 3.08. The third-order valence-electron chi connectivity index (χ3n) is 3.45.